The minimum Gasteiger partial charge on any atom is -0.485 e. The predicted molar refractivity (Wildman–Crippen MR) is 100.0 cm³/mol. The number of hydrogen-bond donors (Lipinski definition) is 1. The van der Waals surface area contributed by atoms with E-state index in [2.05, 4.69) is 0 Å². The first kappa shape index (κ1) is 17.8. The van der Waals surface area contributed by atoms with E-state index < -0.39 is 5.97 Å². The van der Waals surface area contributed by atoms with Crippen LogP contribution in [0.3, 0.4) is 0 Å². The van der Waals surface area contributed by atoms with Gasteiger partial charge in [0.05, 0.1) is 5.56 Å². The van der Waals surface area contributed by atoms with Gasteiger partial charge in [-0.3, -0.25) is 0 Å². The lowest BCUT2D eigenvalue weighted by Crippen LogP contribution is -2.04. The molecule has 0 aliphatic carbocycles. The second-order valence-electron chi connectivity index (χ2n) is 5.61. The molecule has 0 bridgehead atoms. The molecule has 0 fully saturated rings. The third-order valence-electron chi connectivity index (χ3n) is 3.75. The molecule has 0 radical (unpaired) electrons. The minimum atomic E-state index is -1.12. The highest BCUT2D eigenvalue weighted by Gasteiger charge is 2.19. The zero-order valence-corrected chi connectivity index (χ0v) is 14.6. The molecule has 0 aliphatic heterocycles. The van der Waals surface area contributed by atoms with Crippen molar-refractivity contribution in [3.05, 3.63) is 94.5 Å². The standard InChI is InChI=1S/C21H17ClO4/c22-19-17(21(23)24)11-12-18(25-13-15-7-3-1-4-8-15)20(19)26-14-16-9-5-2-6-10-16/h1-12H,13-14H2,(H,23,24). The highest BCUT2D eigenvalue weighted by Crippen LogP contribution is 2.38. The van der Waals surface area contributed by atoms with Crippen molar-refractivity contribution in [3.63, 3.8) is 0 Å². The van der Waals surface area contributed by atoms with E-state index in [1.54, 1.807) is 6.07 Å². The number of carboxylic acids is 1. The van der Waals surface area contributed by atoms with E-state index >= 15 is 0 Å². The zero-order valence-electron chi connectivity index (χ0n) is 13.9. The molecule has 0 aliphatic rings. The Morgan fingerprint density at radius 1 is 0.808 bits per heavy atom. The van der Waals surface area contributed by atoms with Crippen LogP contribution in [0, 0.1) is 0 Å². The van der Waals surface area contributed by atoms with Crippen molar-refractivity contribution in [2.45, 2.75) is 13.2 Å². The number of rotatable bonds is 7. The molecule has 3 aromatic carbocycles. The molecule has 0 heterocycles. The normalized spacial score (nSPS) is 10.3. The van der Waals surface area contributed by atoms with Gasteiger partial charge in [0.15, 0.2) is 11.5 Å². The number of halogens is 1. The number of aromatic carboxylic acids is 1. The lowest BCUT2D eigenvalue weighted by Gasteiger charge is -2.15. The summed E-state index contributed by atoms with van der Waals surface area (Å²) in [6.45, 7) is 0.580. The molecule has 132 valence electrons. The fourth-order valence-electron chi connectivity index (χ4n) is 2.42. The molecule has 3 aromatic rings. The Labute approximate surface area is 156 Å². The first-order valence-corrected chi connectivity index (χ1v) is 8.42. The highest BCUT2D eigenvalue weighted by molar-refractivity contribution is 6.35. The summed E-state index contributed by atoms with van der Waals surface area (Å²) in [6, 6.07) is 22.2. The van der Waals surface area contributed by atoms with Gasteiger partial charge in [0.1, 0.15) is 18.2 Å². The van der Waals surface area contributed by atoms with Gasteiger partial charge in [-0.15, -0.1) is 0 Å². The van der Waals surface area contributed by atoms with Gasteiger partial charge in [-0.25, -0.2) is 4.79 Å². The van der Waals surface area contributed by atoms with Crippen LogP contribution < -0.4 is 9.47 Å². The Balaban J connectivity index is 1.84. The molecule has 0 unspecified atom stereocenters. The Morgan fingerprint density at radius 3 is 1.88 bits per heavy atom. The molecule has 0 saturated heterocycles. The van der Waals surface area contributed by atoms with Crippen molar-refractivity contribution in [3.8, 4) is 11.5 Å². The van der Waals surface area contributed by atoms with Crippen LogP contribution in [0.4, 0.5) is 0 Å². The maximum atomic E-state index is 11.4. The van der Waals surface area contributed by atoms with Crippen LogP contribution in [0.25, 0.3) is 0 Å². The molecular formula is C21H17ClO4. The molecule has 0 spiro atoms. The lowest BCUT2D eigenvalue weighted by molar-refractivity contribution is 0.0696. The molecule has 1 N–H and O–H groups in total. The number of benzene rings is 3. The smallest absolute Gasteiger partial charge is 0.337 e. The average Bonchev–Trinajstić information content (AvgIpc) is 2.67. The maximum absolute atomic E-state index is 11.4. The summed E-state index contributed by atoms with van der Waals surface area (Å²) in [5.41, 5.74) is 1.90. The third-order valence-corrected chi connectivity index (χ3v) is 4.13. The van der Waals surface area contributed by atoms with E-state index in [0.29, 0.717) is 12.4 Å². The summed E-state index contributed by atoms with van der Waals surface area (Å²) in [4.78, 5) is 11.4. The largest absolute Gasteiger partial charge is 0.485 e. The average molecular weight is 369 g/mol. The van der Waals surface area contributed by atoms with Crippen molar-refractivity contribution in [1.29, 1.82) is 0 Å². The van der Waals surface area contributed by atoms with Crippen molar-refractivity contribution >= 4 is 17.6 Å². The Morgan fingerprint density at radius 2 is 1.35 bits per heavy atom. The van der Waals surface area contributed by atoms with Gasteiger partial charge in [0.25, 0.3) is 0 Å². The van der Waals surface area contributed by atoms with E-state index in [0.717, 1.165) is 11.1 Å². The van der Waals surface area contributed by atoms with Gasteiger partial charge in [-0.05, 0) is 23.3 Å². The van der Waals surface area contributed by atoms with Crippen LogP contribution in [0.5, 0.6) is 11.5 Å². The van der Waals surface area contributed by atoms with Crippen molar-refractivity contribution in [1.82, 2.24) is 0 Å². The van der Waals surface area contributed by atoms with Crippen LogP contribution in [-0.4, -0.2) is 11.1 Å². The van der Waals surface area contributed by atoms with Crippen LogP contribution in [0.15, 0.2) is 72.8 Å². The van der Waals surface area contributed by atoms with Crippen LogP contribution in [0.1, 0.15) is 21.5 Å². The van der Waals surface area contributed by atoms with Crippen LogP contribution >= 0.6 is 11.6 Å². The quantitative estimate of drug-likeness (QED) is 0.623. The van der Waals surface area contributed by atoms with Crippen molar-refractivity contribution < 1.29 is 19.4 Å². The molecule has 0 atom stereocenters. The fraction of sp³-hybridized carbons (Fsp3) is 0.0952. The lowest BCUT2D eigenvalue weighted by atomic mass is 10.2. The number of carboxylic acid groups (broad SMARTS) is 1. The summed E-state index contributed by atoms with van der Waals surface area (Å²) in [7, 11) is 0. The van der Waals surface area contributed by atoms with Gasteiger partial charge in [-0.2, -0.15) is 0 Å². The molecule has 3 rings (SSSR count). The second kappa shape index (κ2) is 8.41. The first-order chi connectivity index (χ1) is 12.6. The van der Waals surface area contributed by atoms with Gasteiger partial charge in [0, 0.05) is 0 Å². The number of ether oxygens (including phenoxy) is 2. The fourth-order valence-corrected chi connectivity index (χ4v) is 2.71. The van der Waals surface area contributed by atoms with Gasteiger partial charge in [-0.1, -0.05) is 72.3 Å². The number of carbonyl (C=O) groups is 1. The highest BCUT2D eigenvalue weighted by atomic mass is 35.5. The summed E-state index contributed by atoms with van der Waals surface area (Å²) in [6.07, 6.45) is 0. The molecule has 0 amide bonds. The summed E-state index contributed by atoms with van der Waals surface area (Å²) >= 11 is 6.27. The predicted octanol–water partition coefficient (Wildman–Crippen LogP) is 5.20. The summed E-state index contributed by atoms with van der Waals surface area (Å²) in [5.74, 6) is -0.486. The number of hydrogen-bond acceptors (Lipinski definition) is 3. The first-order valence-electron chi connectivity index (χ1n) is 8.04. The Kier molecular flexibility index (Phi) is 5.77. The van der Waals surface area contributed by atoms with Gasteiger partial charge in [0.2, 0.25) is 0 Å². The van der Waals surface area contributed by atoms with E-state index in [4.69, 9.17) is 21.1 Å². The minimum absolute atomic E-state index is 0.0261. The topological polar surface area (TPSA) is 55.8 Å². The van der Waals surface area contributed by atoms with Crippen LogP contribution in [-0.2, 0) is 13.2 Å². The SMILES string of the molecule is O=C(O)c1ccc(OCc2ccccc2)c(OCc2ccccc2)c1Cl. The molecule has 4 nitrogen and oxygen atoms in total. The van der Waals surface area contributed by atoms with E-state index in [1.165, 1.54) is 6.07 Å². The van der Waals surface area contributed by atoms with Crippen molar-refractivity contribution in [2.24, 2.45) is 0 Å². The van der Waals surface area contributed by atoms with Crippen LogP contribution in [0.2, 0.25) is 5.02 Å². The van der Waals surface area contributed by atoms with Gasteiger partial charge < -0.3 is 14.6 Å². The summed E-state index contributed by atoms with van der Waals surface area (Å²) < 4.78 is 11.6. The monoisotopic (exact) mass is 368 g/mol. The molecule has 0 saturated carbocycles. The van der Waals surface area contributed by atoms with Gasteiger partial charge >= 0.3 is 5.97 Å². The Hall–Kier alpha value is -2.98. The Bertz CT molecular complexity index is 879. The van der Waals surface area contributed by atoms with E-state index in [-0.39, 0.29) is 22.9 Å². The molecule has 26 heavy (non-hydrogen) atoms. The zero-order chi connectivity index (χ0) is 18.4. The second-order valence-corrected chi connectivity index (χ2v) is 5.99. The third kappa shape index (κ3) is 4.35. The molecular weight excluding hydrogens is 352 g/mol. The maximum Gasteiger partial charge on any atom is 0.337 e. The molecule has 0 aromatic heterocycles. The van der Waals surface area contributed by atoms with E-state index in [1.807, 2.05) is 60.7 Å². The molecule has 5 heteroatoms. The van der Waals surface area contributed by atoms with E-state index in [9.17, 15) is 9.90 Å². The van der Waals surface area contributed by atoms with Crippen molar-refractivity contribution in [2.75, 3.05) is 0 Å². The summed E-state index contributed by atoms with van der Waals surface area (Å²) in [5, 5.41) is 9.32.